The molecular weight excluding hydrogens is 212 g/mol. The van der Waals surface area contributed by atoms with Crippen molar-refractivity contribution in [2.75, 3.05) is 13.2 Å². The molecule has 2 nitrogen and oxygen atoms in total. The minimum Gasteiger partial charge on any atom is -0.396 e. The molecule has 2 bridgehead atoms. The smallest absolute Gasteiger partial charge is 0.0499 e. The van der Waals surface area contributed by atoms with Gasteiger partial charge in [-0.3, -0.25) is 0 Å². The first-order valence-electron chi connectivity index (χ1n) is 6.88. The van der Waals surface area contributed by atoms with Crippen LogP contribution in [-0.2, 0) is 0 Å². The van der Waals surface area contributed by atoms with Crippen molar-refractivity contribution >= 4 is 0 Å². The minimum absolute atomic E-state index is 0.0538. The first-order chi connectivity index (χ1) is 7.97. The van der Waals surface area contributed by atoms with E-state index in [1.807, 2.05) is 0 Å². The van der Waals surface area contributed by atoms with Crippen molar-refractivity contribution < 1.29 is 10.2 Å². The lowest BCUT2D eigenvalue weighted by molar-refractivity contribution is 0.00870. The molecule has 0 aromatic carbocycles. The molecule has 0 aromatic rings. The van der Waals surface area contributed by atoms with Gasteiger partial charge in [-0.15, -0.1) is 0 Å². The highest BCUT2D eigenvalue weighted by atomic mass is 16.3. The average Bonchev–Trinajstić information content (AvgIpc) is 2.41. The highest BCUT2D eigenvalue weighted by molar-refractivity contribution is 5.26. The van der Waals surface area contributed by atoms with Crippen molar-refractivity contribution in [1.82, 2.24) is 0 Å². The molecule has 5 atom stereocenters. The van der Waals surface area contributed by atoms with Crippen LogP contribution in [0.3, 0.4) is 0 Å². The van der Waals surface area contributed by atoms with Gasteiger partial charge in [-0.25, -0.2) is 0 Å². The van der Waals surface area contributed by atoms with Crippen molar-refractivity contribution in [3.63, 3.8) is 0 Å². The molecule has 0 unspecified atom stereocenters. The van der Waals surface area contributed by atoms with E-state index >= 15 is 0 Å². The Bertz CT molecular complexity index is 310. The van der Waals surface area contributed by atoms with Gasteiger partial charge >= 0.3 is 0 Å². The summed E-state index contributed by atoms with van der Waals surface area (Å²) in [6.45, 7) is 11.4. The second-order valence-corrected chi connectivity index (χ2v) is 6.54. The fourth-order valence-corrected chi connectivity index (χ4v) is 4.53. The Morgan fingerprint density at radius 3 is 2.47 bits per heavy atom. The lowest BCUT2D eigenvalue weighted by atomic mass is 9.61. The second kappa shape index (κ2) is 4.40. The van der Waals surface area contributed by atoms with Gasteiger partial charge in [0, 0.05) is 19.1 Å². The molecule has 2 N–H and O–H groups in total. The van der Waals surface area contributed by atoms with Crippen LogP contribution in [0, 0.1) is 35.0 Å². The molecule has 2 aliphatic rings. The van der Waals surface area contributed by atoms with Crippen LogP contribution >= 0.6 is 0 Å². The molecule has 2 heteroatoms. The van der Waals surface area contributed by atoms with Gasteiger partial charge in [-0.05, 0) is 41.9 Å². The van der Waals surface area contributed by atoms with Crippen molar-refractivity contribution in [3.8, 4) is 0 Å². The van der Waals surface area contributed by atoms with E-state index in [1.54, 1.807) is 0 Å². The largest absolute Gasteiger partial charge is 0.396 e. The lowest BCUT2D eigenvalue weighted by Gasteiger charge is -2.43. The standard InChI is InChI=1S/C15H26O2/c1-9(2)11-5-6-15(4)10(3)12(7-16)14(11)13(15)8-17/h9,11-14,16-17H,3,5-8H2,1-2,4H3/t11-,12+,13+,14-,15+/m1/s1. The lowest BCUT2D eigenvalue weighted by Crippen LogP contribution is -2.40. The highest BCUT2D eigenvalue weighted by Gasteiger charge is 2.58. The van der Waals surface area contributed by atoms with Gasteiger partial charge in [0.05, 0.1) is 0 Å². The van der Waals surface area contributed by atoms with Crippen LogP contribution in [0.4, 0.5) is 0 Å². The molecule has 0 spiro atoms. The van der Waals surface area contributed by atoms with Gasteiger partial charge in [0.25, 0.3) is 0 Å². The van der Waals surface area contributed by atoms with E-state index in [9.17, 15) is 10.2 Å². The first kappa shape index (κ1) is 13.1. The minimum atomic E-state index is 0.0538. The molecule has 2 rings (SSSR count). The molecule has 0 heterocycles. The molecular formula is C15H26O2. The van der Waals surface area contributed by atoms with Crippen LogP contribution in [-0.4, -0.2) is 23.4 Å². The van der Waals surface area contributed by atoms with E-state index in [1.165, 1.54) is 12.0 Å². The summed E-state index contributed by atoms with van der Waals surface area (Å²) in [6, 6.07) is 0. The molecule has 0 aliphatic heterocycles. The van der Waals surface area contributed by atoms with Gasteiger partial charge in [0.15, 0.2) is 0 Å². The molecule has 0 aromatic heterocycles. The summed E-state index contributed by atoms with van der Waals surface area (Å²) in [5, 5.41) is 19.4. The predicted molar refractivity (Wildman–Crippen MR) is 69.5 cm³/mol. The fraction of sp³-hybridized carbons (Fsp3) is 0.867. The summed E-state index contributed by atoms with van der Waals surface area (Å²) in [7, 11) is 0. The Hall–Kier alpha value is -0.340. The third-order valence-corrected chi connectivity index (χ3v) is 5.67. The van der Waals surface area contributed by atoms with Crippen LogP contribution < -0.4 is 0 Å². The predicted octanol–water partition coefficient (Wildman–Crippen LogP) is 2.46. The third-order valence-electron chi connectivity index (χ3n) is 5.67. The first-order valence-corrected chi connectivity index (χ1v) is 6.88. The Morgan fingerprint density at radius 1 is 1.35 bits per heavy atom. The van der Waals surface area contributed by atoms with E-state index in [2.05, 4.69) is 27.4 Å². The van der Waals surface area contributed by atoms with Crippen LogP contribution in [0.2, 0.25) is 0 Å². The van der Waals surface area contributed by atoms with E-state index in [-0.39, 0.29) is 24.5 Å². The summed E-state index contributed by atoms with van der Waals surface area (Å²) in [4.78, 5) is 0. The molecule has 2 aliphatic carbocycles. The molecule has 98 valence electrons. The summed E-state index contributed by atoms with van der Waals surface area (Å²) in [6.07, 6.45) is 2.33. The zero-order valence-electron chi connectivity index (χ0n) is 11.3. The van der Waals surface area contributed by atoms with E-state index in [4.69, 9.17) is 0 Å². The van der Waals surface area contributed by atoms with Crippen molar-refractivity contribution in [3.05, 3.63) is 12.2 Å². The average molecular weight is 238 g/mol. The zero-order chi connectivity index (χ0) is 12.8. The van der Waals surface area contributed by atoms with Gasteiger partial charge in [0.1, 0.15) is 0 Å². The van der Waals surface area contributed by atoms with Gasteiger partial charge < -0.3 is 10.2 Å². The number of hydrogen-bond acceptors (Lipinski definition) is 2. The number of hydrogen-bond donors (Lipinski definition) is 2. The Labute approximate surface area is 105 Å². The molecule has 2 saturated carbocycles. The van der Waals surface area contributed by atoms with Crippen molar-refractivity contribution in [1.29, 1.82) is 0 Å². The van der Waals surface area contributed by atoms with Crippen LogP contribution in [0.1, 0.15) is 33.6 Å². The van der Waals surface area contributed by atoms with Crippen LogP contribution in [0.5, 0.6) is 0 Å². The van der Waals surface area contributed by atoms with Crippen molar-refractivity contribution in [2.45, 2.75) is 33.6 Å². The third kappa shape index (κ3) is 1.68. The summed E-state index contributed by atoms with van der Waals surface area (Å²) >= 11 is 0. The maximum Gasteiger partial charge on any atom is 0.0499 e. The number of rotatable bonds is 3. The quantitative estimate of drug-likeness (QED) is 0.742. The molecule has 0 saturated heterocycles. The van der Waals surface area contributed by atoms with Crippen LogP contribution in [0.15, 0.2) is 12.2 Å². The maximum absolute atomic E-state index is 9.74. The Kier molecular flexibility index (Phi) is 3.39. The Balaban J connectivity index is 2.39. The number of aliphatic hydroxyl groups excluding tert-OH is 2. The maximum atomic E-state index is 9.74. The van der Waals surface area contributed by atoms with Crippen molar-refractivity contribution in [2.24, 2.45) is 35.0 Å². The van der Waals surface area contributed by atoms with Crippen LogP contribution in [0.25, 0.3) is 0 Å². The number of aliphatic hydroxyl groups is 2. The normalized spacial score (nSPS) is 45.6. The monoisotopic (exact) mass is 238 g/mol. The van der Waals surface area contributed by atoms with E-state index in [0.717, 1.165) is 6.42 Å². The van der Waals surface area contributed by atoms with Gasteiger partial charge in [-0.1, -0.05) is 32.9 Å². The van der Waals surface area contributed by atoms with Gasteiger partial charge in [-0.2, -0.15) is 0 Å². The van der Waals surface area contributed by atoms with E-state index < -0.39 is 0 Å². The second-order valence-electron chi connectivity index (χ2n) is 6.54. The highest BCUT2D eigenvalue weighted by Crippen LogP contribution is 2.63. The van der Waals surface area contributed by atoms with E-state index in [0.29, 0.717) is 23.7 Å². The fourth-order valence-electron chi connectivity index (χ4n) is 4.53. The SMILES string of the molecule is C=C1[C@H](CO)[C@H]2[C@@H](C(C)C)CC[C@]1(C)[C@H]2CO. The topological polar surface area (TPSA) is 40.5 Å². The molecule has 17 heavy (non-hydrogen) atoms. The van der Waals surface area contributed by atoms with Gasteiger partial charge in [0.2, 0.25) is 0 Å². The summed E-state index contributed by atoms with van der Waals surface area (Å²) in [5.74, 6) is 2.17. The summed E-state index contributed by atoms with van der Waals surface area (Å²) in [5.41, 5.74) is 1.24. The summed E-state index contributed by atoms with van der Waals surface area (Å²) < 4.78 is 0. The number of fused-ring (bicyclic) bond motifs is 2. The zero-order valence-corrected chi connectivity index (χ0v) is 11.3. The molecule has 2 fully saturated rings. The molecule has 0 amide bonds. The molecule has 0 radical (unpaired) electrons. The Morgan fingerprint density at radius 2 is 2.00 bits per heavy atom.